The van der Waals surface area contributed by atoms with E-state index in [-0.39, 0.29) is 18.2 Å². The minimum Gasteiger partial charge on any atom is -0.444 e. The Balaban J connectivity index is 1.32. The third-order valence-electron chi connectivity index (χ3n) is 4.88. The van der Waals surface area contributed by atoms with Gasteiger partial charge in [-0.3, -0.25) is 0 Å². The van der Waals surface area contributed by atoms with Gasteiger partial charge in [0, 0.05) is 43.2 Å². The molecule has 1 aliphatic heterocycles. The molecule has 0 radical (unpaired) electrons. The average molecular weight is 455 g/mol. The van der Waals surface area contributed by atoms with Gasteiger partial charge in [-0.2, -0.15) is 0 Å². The maximum Gasteiger partial charge on any atom is 0.407 e. The molecule has 32 heavy (non-hydrogen) atoms. The van der Waals surface area contributed by atoms with E-state index in [1.54, 1.807) is 12.4 Å². The van der Waals surface area contributed by atoms with Crippen molar-refractivity contribution in [1.82, 2.24) is 20.3 Å². The van der Waals surface area contributed by atoms with E-state index in [0.717, 1.165) is 21.6 Å². The molecule has 4 rings (SSSR count). The molecular weight excluding hydrogens is 428 g/mol. The highest BCUT2D eigenvalue weighted by Gasteiger charge is 2.30. The molecule has 168 valence electrons. The van der Waals surface area contributed by atoms with Gasteiger partial charge in [0.1, 0.15) is 6.10 Å². The largest absolute Gasteiger partial charge is 0.444 e. The smallest absolute Gasteiger partial charge is 0.407 e. The lowest BCUT2D eigenvalue weighted by molar-refractivity contribution is 0.0690. The summed E-state index contributed by atoms with van der Waals surface area (Å²) in [6.45, 7) is 4.64. The molecule has 2 aromatic heterocycles. The number of nitrogens with one attached hydrogen (secondary N) is 2. The molecule has 0 saturated carbocycles. The number of hydrogen-bond acceptors (Lipinski definition) is 9. The molecule has 1 fully saturated rings. The molecule has 1 saturated heterocycles. The van der Waals surface area contributed by atoms with E-state index in [4.69, 9.17) is 15.2 Å². The van der Waals surface area contributed by atoms with E-state index in [1.165, 1.54) is 11.3 Å². The fraction of sp³-hybridized carbons (Fsp3) is 0.364. The molecular formula is C22H26N6O3S. The Kier molecular flexibility index (Phi) is 6.93. The zero-order chi connectivity index (χ0) is 22.5. The normalized spacial score (nSPS) is 18.0. The Labute approximate surface area is 190 Å². The highest BCUT2D eigenvalue weighted by atomic mass is 32.1. The summed E-state index contributed by atoms with van der Waals surface area (Å²) in [4.78, 5) is 26.0. The van der Waals surface area contributed by atoms with Crippen molar-refractivity contribution in [2.45, 2.75) is 45.1 Å². The van der Waals surface area contributed by atoms with Crippen molar-refractivity contribution < 1.29 is 14.3 Å². The minimum absolute atomic E-state index is 0.0275. The standard InChI is InChI=1S/C22H26N6O3S/c1-13(2)27-22(29)31-17-7-18(30-12-17)16-9-24-20(25-10-16)28-21-26-11-19(32-21)15-5-3-14(8-23)4-6-15/h3-6,9-11,13,17-18H,7-8,12,23H2,1-2H3,(H,27,29)(H,24,25,26,28)/t17-,18-/m1/s1. The van der Waals surface area contributed by atoms with Crippen LogP contribution in [0.25, 0.3) is 10.4 Å². The number of carbonyl (C=O) groups excluding carboxylic acids is 1. The molecule has 1 aliphatic rings. The molecule has 4 N–H and O–H groups in total. The predicted molar refractivity (Wildman–Crippen MR) is 123 cm³/mol. The van der Waals surface area contributed by atoms with Gasteiger partial charge in [0.2, 0.25) is 5.95 Å². The number of nitrogens with zero attached hydrogens (tertiary/aromatic N) is 3. The molecule has 2 atom stereocenters. The van der Waals surface area contributed by atoms with Gasteiger partial charge < -0.3 is 25.8 Å². The Hall–Kier alpha value is -3.08. The van der Waals surface area contributed by atoms with Crippen molar-refractivity contribution in [1.29, 1.82) is 0 Å². The fourth-order valence-corrected chi connectivity index (χ4v) is 4.08. The lowest BCUT2D eigenvalue weighted by Gasteiger charge is -2.13. The van der Waals surface area contributed by atoms with Gasteiger partial charge in [-0.15, -0.1) is 0 Å². The maximum atomic E-state index is 11.8. The lowest BCUT2D eigenvalue weighted by atomic mass is 10.1. The highest BCUT2D eigenvalue weighted by molar-refractivity contribution is 7.18. The van der Waals surface area contributed by atoms with Crippen molar-refractivity contribution in [3.8, 4) is 10.4 Å². The van der Waals surface area contributed by atoms with Gasteiger partial charge in [0.15, 0.2) is 5.13 Å². The number of benzene rings is 1. The summed E-state index contributed by atoms with van der Waals surface area (Å²) in [6, 6.07) is 8.13. The average Bonchev–Trinajstić information content (AvgIpc) is 3.44. The summed E-state index contributed by atoms with van der Waals surface area (Å²) >= 11 is 1.52. The quantitative estimate of drug-likeness (QED) is 0.493. The highest BCUT2D eigenvalue weighted by Crippen LogP contribution is 2.32. The van der Waals surface area contributed by atoms with Gasteiger partial charge >= 0.3 is 6.09 Å². The predicted octanol–water partition coefficient (Wildman–Crippen LogP) is 3.77. The lowest BCUT2D eigenvalue weighted by Crippen LogP contribution is -2.33. The van der Waals surface area contributed by atoms with Crippen molar-refractivity contribution in [3.05, 3.63) is 54.0 Å². The van der Waals surface area contributed by atoms with Crippen LogP contribution in [-0.2, 0) is 16.0 Å². The van der Waals surface area contributed by atoms with Crippen LogP contribution < -0.4 is 16.4 Å². The summed E-state index contributed by atoms with van der Waals surface area (Å²) < 4.78 is 11.1. The maximum absolute atomic E-state index is 11.8. The van der Waals surface area contributed by atoms with Crippen molar-refractivity contribution >= 4 is 28.5 Å². The topological polar surface area (TPSA) is 124 Å². The summed E-state index contributed by atoms with van der Waals surface area (Å²) in [5, 5.41) is 6.55. The Bertz CT molecular complexity index is 1040. The first-order valence-corrected chi connectivity index (χ1v) is 11.2. The van der Waals surface area contributed by atoms with E-state index in [0.29, 0.717) is 30.7 Å². The van der Waals surface area contributed by atoms with Gasteiger partial charge in [0.25, 0.3) is 0 Å². The molecule has 0 spiro atoms. The number of thiazole rings is 1. The third-order valence-corrected chi connectivity index (χ3v) is 5.84. The first-order valence-electron chi connectivity index (χ1n) is 10.4. The SMILES string of the molecule is CC(C)NC(=O)O[C@H]1CO[C@@H](c2cnc(Nc3ncc(-c4ccc(CN)cc4)s3)nc2)C1. The minimum atomic E-state index is -0.428. The second kappa shape index (κ2) is 10.0. The van der Waals surface area contributed by atoms with Gasteiger partial charge in [-0.1, -0.05) is 35.6 Å². The molecule has 10 heteroatoms. The number of amides is 1. The van der Waals surface area contributed by atoms with Crippen LogP contribution in [0, 0.1) is 0 Å². The van der Waals surface area contributed by atoms with Gasteiger partial charge in [-0.25, -0.2) is 19.7 Å². The van der Waals surface area contributed by atoms with Crippen LogP contribution in [0.2, 0.25) is 0 Å². The van der Waals surface area contributed by atoms with E-state index < -0.39 is 6.09 Å². The van der Waals surface area contributed by atoms with Crippen LogP contribution in [0.15, 0.2) is 42.9 Å². The monoisotopic (exact) mass is 454 g/mol. The molecule has 0 aliphatic carbocycles. The van der Waals surface area contributed by atoms with Gasteiger partial charge in [0.05, 0.1) is 17.6 Å². The van der Waals surface area contributed by atoms with E-state index in [2.05, 4.69) is 25.6 Å². The number of anilines is 2. The third kappa shape index (κ3) is 5.58. The number of carbonyl (C=O) groups is 1. The zero-order valence-electron chi connectivity index (χ0n) is 17.9. The summed E-state index contributed by atoms with van der Waals surface area (Å²) in [5.74, 6) is 0.454. The van der Waals surface area contributed by atoms with Crippen LogP contribution >= 0.6 is 11.3 Å². The van der Waals surface area contributed by atoms with Crippen LogP contribution in [0.3, 0.4) is 0 Å². The fourth-order valence-electron chi connectivity index (χ4n) is 3.27. The zero-order valence-corrected chi connectivity index (χ0v) is 18.8. The number of nitrogens with two attached hydrogens (primary N) is 1. The first-order chi connectivity index (χ1) is 15.5. The van der Waals surface area contributed by atoms with Crippen molar-refractivity contribution in [2.24, 2.45) is 5.73 Å². The second-order valence-electron chi connectivity index (χ2n) is 7.78. The van der Waals surface area contributed by atoms with E-state index in [9.17, 15) is 4.79 Å². The molecule has 0 unspecified atom stereocenters. The summed E-state index contributed by atoms with van der Waals surface area (Å²) in [5.41, 5.74) is 8.67. The van der Waals surface area contributed by atoms with Crippen molar-refractivity contribution in [2.75, 3.05) is 11.9 Å². The molecule has 1 amide bonds. The Morgan fingerprint density at radius 2 is 1.97 bits per heavy atom. The second-order valence-corrected chi connectivity index (χ2v) is 8.81. The number of rotatable bonds is 7. The number of alkyl carbamates (subject to hydrolysis) is 1. The molecule has 1 aromatic carbocycles. The molecule has 0 bridgehead atoms. The van der Waals surface area contributed by atoms with E-state index in [1.807, 2.05) is 44.3 Å². The van der Waals surface area contributed by atoms with Crippen LogP contribution in [-0.4, -0.2) is 39.8 Å². The molecule has 3 aromatic rings. The van der Waals surface area contributed by atoms with Gasteiger partial charge in [-0.05, 0) is 25.0 Å². The van der Waals surface area contributed by atoms with E-state index >= 15 is 0 Å². The summed E-state index contributed by atoms with van der Waals surface area (Å²) in [7, 11) is 0. The summed E-state index contributed by atoms with van der Waals surface area (Å²) in [6.07, 6.45) is 4.91. The molecule has 9 nitrogen and oxygen atoms in total. The Morgan fingerprint density at radius 1 is 1.22 bits per heavy atom. The first kappa shape index (κ1) is 22.1. The number of aromatic nitrogens is 3. The van der Waals surface area contributed by atoms with Crippen molar-refractivity contribution in [3.63, 3.8) is 0 Å². The number of hydrogen-bond donors (Lipinski definition) is 3. The Morgan fingerprint density at radius 3 is 2.66 bits per heavy atom. The van der Waals surface area contributed by atoms with Crippen LogP contribution in [0.5, 0.6) is 0 Å². The molecule has 3 heterocycles. The number of ether oxygens (including phenoxy) is 2. The van der Waals surface area contributed by atoms with Crippen LogP contribution in [0.1, 0.15) is 37.5 Å². The van der Waals surface area contributed by atoms with Crippen LogP contribution in [0.4, 0.5) is 15.9 Å².